The Balaban J connectivity index is 1.36. The molecule has 188 valence electrons. The lowest BCUT2D eigenvalue weighted by atomic mass is 10.1. The molecule has 37 heavy (non-hydrogen) atoms. The summed E-state index contributed by atoms with van der Waals surface area (Å²) >= 11 is 0. The molecule has 5 aromatic rings. The number of anilines is 3. The molecule has 1 aliphatic heterocycles. The van der Waals surface area contributed by atoms with Crippen molar-refractivity contribution >= 4 is 49.3 Å². The quantitative estimate of drug-likeness (QED) is 0.313. The minimum Gasteiger partial charge on any atom is -0.392 e. The van der Waals surface area contributed by atoms with E-state index in [1.165, 1.54) is 6.20 Å². The van der Waals surface area contributed by atoms with E-state index in [9.17, 15) is 13.5 Å². The van der Waals surface area contributed by atoms with E-state index in [1.807, 2.05) is 30.3 Å². The summed E-state index contributed by atoms with van der Waals surface area (Å²) in [5.41, 5.74) is 3.03. The second kappa shape index (κ2) is 9.43. The van der Waals surface area contributed by atoms with E-state index in [0.717, 1.165) is 41.2 Å². The number of benzene rings is 2. The highest BCUT2D eigenvalue weighted by atomic mass is 32.2. The van der Waals surface area contributed by atoms with Gasteiger partial charge in [-0.05, 0) is 36.4 Å². The topological polar surface area (TPSA) is 125 Å². The van der Waals surface area contributed by atoms with Gasteiger partial charge in [0.15, 0.2) is 5.65 Å². The van der Waals surface area contributed by atoms with Crippen LogP contribution in [-0.2, 0) is 16.6 Å². The molecule has 1 saturated heterocycles. The second-order valence-corrected chi connectivity index (χ2v) is 10.6. The van der Waals surface area contributed by atoms with Gasteiger partial charge < -0.3 is 20.6 Å². The van der Waals surface area contributed by atoms with Gasteiger partial charge in [-0.3, -0.25) is 4.98 Å². The molecular weight excluding hydrogens is 490 g/mol. The lowest BCUT2D eigenvalue weighted by molar-refractivity contribution is 0.282. The summed E-state index contributed by atoms with van der Waals surface area (Å²) in [6.45, 7) is 3.47. The zero-order chi connectivity index (χ0) is 25.4. The van der Waals surface area contributed by atoms with Gasteiger partial charge in [0.05, 0.1) is 12.1 Å². The van der Waals surface area contributed by atoms with E-state index in [4.69, 9.17) is 0 Å². The zero-order valence-electron chi connectivity index (χ0n) is 19.9. The summed E-state index contributed by atoms with van der Waals surface area (Å²) < 4.78 is 28.5. The largest absolute Gasteiger partial charge is 0.392 e. The van der Waals surface area contributed by atoms with E-state index in [1.54, 1.807) is 36.7 Å². The molecular formula is C26H25N7O3S. The van der Waals surface area contributed by atoms with E-state index >= 15 is 0 Å². The summed E-state index contributed by atoms with van der Waals surface area (Å²) in [6, 6.07) is 16.2. The molecule has 4 heterocycles. The highest BCUT2D eigenvalue weighted by molar-refractivity contribution is 7.90. The molecule has 0 unspecified atom stereocenters. The number of para-hydroxylation sites is 1. The van der Waals surface area contributed by atoms with Crippen LogP contribution in [0.1, 0.15) is 5.56 Å². The SMILES string of the molecule is O=S(=O)(c1cccc2cccnc12)n1ccc2cnc(Nc3ccc(N4CCNCC4)cc3CO)nc21. The Morgan fingerprint density at radius 3 is 2.68 bits per heavy atom. The van der Waals surface area contributed by atoms with Crippen LogP contribution in [0.5, 0.6) is 0 Å². The summed E-state index contributed by atoms with van der Waals surface area (Å²) in [5.74, 6) is 0.225. The van der Waals surface area contributed by atoms with Crippen LogP contribution in [0.15, 0.2) is 78.1 Å². The standard InChI is InChI=1S/C26H25N7O3S/c34-17-20-15-21(32-13-10-27-11-14-32)6-7-22(20)30-26-29-16-19-8-12-33(25(19)31-26)37(35,36)23-5-1-3-18-4-2-9-28-24(18)23/h1-9,12,15-16,27,34H,10-11,13-14,17H2,(H,29,30,31). The van der Waals surface area contributed by atoms with E-state index in [-0.39, 0.29) is 23.1 Å². The van der Waals surface area contributed by atoms with Gasteiger partial charge in [-0.2, -0.15) is 4.98 Å². The fraction of sp³-hybridized carbons (Fsp3) is 0.192. The third-order valence-electron chi connectivity index (χ3n) is 6.51. The van der Waals surface area contributed by atoms with Gasteiger partial charge in [-0.1, -0.05) is 18.2 Å². The molecule has 0 spiro atoms. The van der Waals surface area contributed by atoms with Crippen LogP contribution in [0.3, 0.4) is 0 Å². The molecule has 0 amide bonds. The number of pyridine rings is 1. The molecule has 3 aromatic heterocycles. The summed E-state index contributed by atoms with van der Waals surface area (Å²) in [6.07, 6.45) is 4.62. The van der Waals surface area contributed by atoms with Crippen LogP contribution in [0.4, 0.5) is 17.3 Å². The number of hydrogen-bond acceptors (Lipinski definition) is 9. The average Bonchev–Trinajstić information content (AvgIpc) is 3.37. The smallest absolute Gasteiger partial charge is 0.271 e. The van der Waals surface area contributed by atoms with E-state index in [2.05, 4.69) is 30.5 Å². The molecule has 1 fully saturated rings. The monoisotopic (exact) mass is 515 g/mol. The average molecular weight is 516 g/mol. The molecule has 3 N–H and O–H groups in total. The Morgan fingerprint density at radius 2 is 1.84 bits per heavy atom. The zero-order valence-corrected chi connectivity index (χ0v) is 20.7. The Hall–Kier alpha value is -4.06. The Kier molecular flexibility index (Phi) is 5.95. The number of rotatable bonds is 6. The fourth-order valence-electron chi connectivity index (χ4n) is 4.61. The van der Waals surface area contributed by atoms with Crippen LogP contribution < -0.4 is 15.5 Å². The number of nitrogens with one attached hydrogen (secondary N) is 2. The third-order valence-corrected chi connectivity index (χ3v) is 8.21. The fourth-order valence-corrected chi connectivity index (χ4v) is 6.08. The number of piperazine rings is 1. The number of hydrogen-bond donors (Lipinski definition) is 3. The van der Waals surface area contributed by atoms with Gasteiger partial charge >= 0.3 is 0 Å². The second-order valence-electron chi connectivity index (χ2n) is 8.78. The first kappa shape index (κ1) is 23.3. The maximum atomic E-state index is 13.7. The Labute approximate surface area is 213 Å². The van der Waals surface area contributed by atoms with Crippen molar-refractivity contribution in [3.8, 4) is 0 Å². The van der Waals surface area contributed by atoms with Crippen molar-refractivity contribution in [3.63, 3.8) is 0 Å². The molecule has 1 aliphatic rings. The van der Waals surface area contributed by atoms with E-state index in [0.29, 0.717) is 22.2 Å². The number of aliphatic hydroxyl groups excluding tert-OH is 1. The summed E-state index contributed by atoms with van der Waals surface area (Å²) in [7, 11) is -3.98. The number of aromatic nitrogens is 4. The van der Waals surface area contributed by atoms with Crippen LogP contribution in [0.25, 0.3) is 21.9 Å². The number of nitrogens with zero attached hydrogens (tertiary/aromatic N) is 5. The molecule has 0 aliphatic carbocycles. The highest BCUT2D eigenvalue weighted by Gasteiger charge is 2.23. The van der Waals surface area contributed by atoms with Gasteiger partial charge in [0, 0.05) is 72.5 Å². The Bertz CT molecular complexity index is 1710. The molecule has 0 bridgehead atoms. The maximum Gasteiger partial charge on any atom is 0.271 e. The molecule has 6 rings (SSSR count). The van der Waals surface area contributed by atoms with Crippen molar-refractivity contribution in [2.24, 2.45) is 0 Å². The van der Waals surface area contributed by atoms with Gasteiger partial charge in [-0.15, -0.1) is 0 Å². The summed E-state index contributed by atoms with van der Waals surface area (Å²) in [4.78, 5) is 15.6. The highest BCUT2D eigenvalue weighted by Crippen LogP contribution is 2.28. The van der Waals surface area contributed by atoms with Crippen molar-refractivity contribution in [2.45, 2.75) is 11.5 Å². The van der Waals surface area contributed by atoms with Crippen molar-refractivity contribution in [1.82, 2.24) is 24.2 Å². The van der Waals surface area contributed by atoms with Gasteiger partial charge in [-0.25, -0.2) is 17.4 Å². The van der Waals surface area contributed by atoms with Gasteiger partial charge in [0.2, 0.25) is 5.95 Å². The van der Waals surface area contributed by atoms with Crippen LogP contribution in [0.2, 0.25) is 0 Å². The van der Waals surface area contributed by atoms with Gasteiger partial charge in [0.1, 0.15) is 4.90 Å². The minimum absolute atomic E-state index is 0.0993. The molecule has 0 radical (unpaired) electrons. The molecule has 10 nitrogen and oxygen atoms in total. The normalized spacial score (nSPS) is 14.4. The molecule has 11 heteroatoms. The van der Waals surface area contributed by atoms with E-state index < -0.39 is 10.0 Å². The van der Waals surface area contributed by atoms with Crippen LogP contribution >= 0.6 is 0 Å². The minimum atomic E-state index is -3.98. The maximum absolute atomic E-state index is 13.7. The first-order valence-corrected chi connectivity index (χ1v) is 13.4. The first-order chi connectivity index (χ1) is 18.0. The molecule has 0 saturated carbocycles. The van der Waals surface area contributed by atoms with Crippen LogP contribution in [-0.4, -0.2) is 58.6 Å². The van der Waals surface area contributed by atoms with Gasteiger partial charge in [0.25, 0.3) is 10.0 Å². The third kappa shape index (κ3) is 4.26. The van der Waals surface area contributed by atoms with Crippen LogP contribution in [0, 0.1) is 0 Å². The van der Waals surface area contributed by atoms with Crippen molar-refractivity contribution < 1.29 is 13.5 Å². The predicted molar refractivity (Wildman–Crippen MR) is 143 cm³/mol. The lowest BCUT2D eigenvalue weighted by Crippen LogP contribution is -2.43. The molecule has 0 atom stereocenters. The Morgan fingerprint density at radius 1 is 1.00 bits per heavy atom. The number of fused-ring (bicyclic) bond motifs is 2. The first-order valence-electron chi connectivity index (χ1n) is 11.9. The molecule has 2 aromatic carbocycles. The number of aliphatic hydroxyl groups is 1. The summed E-state index contributed by atoms with van der Waals surface area (Å²) in [5, 5.41) is 17.8. The van der Waals surface area contributed by atoms with Crippen molar-refractivity contribution in [1.29, 1.82) is 0 Å². The van der Waals surface area contributed by atoms with Crippen molar-refractivity contribution in [2.75, 3.05) is 36.4 Å². The predicted octanol–water partition coefficient (Wildman–Crippen LogP) is 2.86. The van der Waals surface area contributed by atoms with Crippen molar-refractivity contribution in [3.05, 3.63) is 78.8 Å². The lowest BCUT2D eigenvalue weighted by Gasteiger charge is -2.30.